The minimum atomic E-state index is -3.51. The van der Waals surface area contributed by atoms with E-state index in [1.807, 2.05) is 13.8 Å². The van der Waals surface area contributed by atoms with Crippen LogP contribution in [-0.4, -0.2) is 56.8 Å². The molecule has 0 bridgehead atoms. The standard InChI is InChI=1S/C11H24N2O4S/c1-6-10(7-2)13(4)18(15,16)12(3)9-8-11(14)17-5/h10H,6-9H2,1-5H3. The van der Waals surface area contributed by atoms with Gasteiger partial charge in [0.15, 0.2) is 0 Å². The molecule has 0 rings (SSSR count). The topological polar surface area (TPSA) is 66.9 Å². The predicted molar refractivity (Wildman–Crippen MR) is 70.3 cm³/mol. The third-order valence-corrected chi connectivity index (χ3v) is 5.07. The number of rotatable bonds is 8. The third kappa shape index (κ3) is 4.55. The number of nitrogens with zero attached hydrogens (tertiary/aromatic N) is 2. The zero-order valence-electron chi connectivity index (χ0n) is 11.8. The quantitative estimate of drug-likeness (QED) is 0.618. The van der Waals surface area contributed by atoms with Crippen molar-refractivity contribution in [1.29, 1.82) is 0 Å². The number of ether oxygens (including phenoxy) is 1. The van der Waals surface area contributed by atoms with Gasteiger partial charge < -0.3 is 4.74 Å². The van der Waals surface area contributed by atoms with Crippen molar-refractivity contribution in [2.24, 2.45) is 0 Å². The van der Waals surface area contributed by atoms with E-state index < -0.39 is 16.2 Å². The summed E-state index contributed by atoms with van der Waals surface area (Å²) in [5.41, 5.74) is 0. The fraction of sp³-hybridized carbons (Fsp3) is 0.909. The van der Waals surface area contributed by atoms with E-state index >= 15 is 0 Å². The van der Waals surface area contributed by atoms with Gasteiger partial charge in [-0.05, 0) is 12.8 Å². The van der Waals surface area contributed by atoms with Crippen LogP contribution in [0.2, 0.25) is 0 Å². The Kier molecular flexibility index (Phi) is 7.42. The Labute approximate surface area is 110 Å². The molecule has 108 valence electrons. The number of esters is 1. The summed E-state index contributed by atoms with van der Waals surface area (Å²) < 4.78 is 31.4. The Morgan fingerprint density at radius 2 is 1.72 bits per heavy atom. The molecule has 0 radical (unpaired) electrons. The Bertz CT molecular complexity index is 352. The minimum absolute atomic E-state index is 0.0180. The SMILES string of the molecule is CCC(CC)N(C)S(=O)(=O)N(C)CCC(=O)OC. The second kappa shape index (κ2) is 7.70. The molecule has 0 saturated carbocycles. The van der Waals surface area contributed by atoms with E-state index in [4.69, 9.17) is 0 Å². The summed E-state index contributed by atoms with van der Waals surface area (Å²) in [5.74, 6) is -0.415. The van der Waals surface area contributed by atoms with E-state index in [-0.39, 0.29) is 19.0 Å². The molecule has 0 N–H and O–H groups in total. The number of methoxy groups -OCH3 is 1. The van der Waals surface area contributed by atoms with Crippen LogP contribution in [0.1, 0.15) is 33.1 Å². The molecule has 0 atom stereocenters. The molecule has 0 aliphatic rings. The van der Waals surface area contributed by atoms with E-state index in [1.165, 1.54) is 22.8 Å². The van der Waals surface area contributed by atoms with Crippen molar-refractivity contribution in [1.82, 2.24) is 8.61 Å². The molecule has 0 unspecified atom stereocenters. The van der Waals surface area contributed by atoms with Gasteiger partial charge in [0.2, 0.25) is 0 Å². The molecule has 0 fully saturated rings. The van der Waals surface area contributed by atoms with Gasteiger partial charge in [-0.25, -0.2) is 0 Å². The third-order valence-electron chi connectivity index (χ3n) is 3.07. The average Bonchev–Trinajstić information content (AvgIpc) is 2.36. The van der Waals surface area contributed by atoms with Gasteiger partial charge in [0.25, 0.3) is 10.2 Å². The van der Waals surface area contributed by atoms with E-state index in [2.05, 4.69) is 4.74 Å². The molecule has 0 aliphatic heterocycles. The highest BCUT2D eigenvalue weighted by Crippen LogP contribution is 2.14. The summed E-state index contributed by atoms with van der Waals surface area (Å²) in [6.07, 6.45) is 1.58. The Morgan fingerprint density at radius 3 is 2.11 bits per heavy atom. The molecule has 0 amide bonds. The number of hydrogen-bond acceptors (Lipinski definition) is 4. The van der Waals surface area contributed by atoms with Gasteiger partial charge in [0, 0.05) is 26.7 Å². The molecule has 0 heterocycles. The summed E-state index contributed by atoms with van der Waals surface area (Å²) in [4.78, 5) is 11.0. The molecule has 7 heteroatoms. The lowest BCUT2D eigenvalue weighted by Gasteiger charge is -2.29. The van der Waals surface area contributed by atoms with Crippen LogP contribution in [0.25, 0.3) is 0 Å². The Balaban J connectivity index is 4.65. The minimum Gasteiger partial charge on any atom is -0.469 e. The number of hydrogen-bond donors (Lipinski definition) is 0. The lowest BCUT2D eigenvalue weighted by molar-refractivity contribution is -0.140. The van der Waals surface area contributed by atoms with Gasteiger partial charge in [-0.3, -0.25) is 4.79 Å². The summed E-state index contributed by atoms with van der Waals surface area (Å²) in [5, 5.41) is 0. The maximum absolute atomic E-state index is 12.2. The van der Waals surface area contributed by atoms with Crippen LogP contribution in [0.4, 0.5) is 0 Å². The first-order valence-corrected chi connectivity index (χ1v) is 7.47. The molecule has 0 aromatic heterocycles. The van der Waals surface area contributed by atoms with Crippen LogP contribution in [0.5, 0.6) is 0 Å². The fourth-order valence-corrected chi connectivity index (χ4v) is 3.11. The van der Waals surface area contributed by atoms with Crippen LogP contribution >= 0.6 is 0 Å². The van der Waals surface area contributed by atoms with Crippen molar-refractivity contribution in [2.45, 2.75) is 39.2 Å². The summed E-state index contributed by atoms with van der Waals surface area (Å²) in [6.45, 7) is 4.03. The average molecular weight is 280 g/mol. The smallest absolute Gasteiger partial charge is 0.306 e. The van der Waals surface area contributed by atoms with Crippen molar-refractivity contribution in [3.63, 3.8) is 0 Å². The van der Waals surface area contributed by atoms with E-state index in [1.54, 1.807) is 7.05 Å². The fourth-order valence-electron chi connectivity index (χ4n) is 1.68. The van der Waals surface area contributed by atoms with Crippen molar-refractivity contribution in [3.05, 3.63) is 0 Å². The zero-order valence-corrected chi connectivity index (χ0v) is 12.7. The largest absolute Gasteiger partial charge is 0.469 e. The van der Waals surface area contributed by atoms with Gasteiger partial charge in [0.1, 0.15) is 0 Å². The van der Waals surface area contributed by atoms with Crippen LogP contribution in [0.15, 0.2) is 0 Å². The number of carbonyl (C=O) groups is 1. The molecular weight excluding hydrogens is 256 g/mol. The van der Waals surface area contributed by atoms with Crippen molar-refractivity contribution >= 4 is 16.2 Å². The zero-order chi connectivity index (χ0) is 14.3. The molecule has 6 nitrogen and oxygen atoms in total. The summed E-state index contributed by atoms with van der Waals surface area (Å²) in [6, 6.07) is -0.0180. The van der Waals surface area contributed by atoms with E-state index in [0.29, 0.717) is 0 Å². The maximum Gasteiger partial charge on any atom is 0.306 e. The van der Waals surface area contributed by atoms with Crippen LogP contribution in [-0.2, 0) is 19.7 Å². The van der Waals surface area contributed by atoms with Gasteiger partial charge in [-0.2, -0.15) is 17.0 Å². The molecule has 0 spiro atoms. The molecule has 0 aromatic rings. The van der Waals surface area contributed by atoms with Crippen molar-refractivity contribution < 1.29 is 17.9 Å². The lowest BCUT2D eigenvalue weighted by Crippen LogP contribution is -2.45. The normalized spacial score (nSPS) is 12.4. The van der Waals surface area contributed by atoms with Crippen molar-refractivity contribution in [3.8, 4) is 0 Å². The van der Waals surface area contributed by atoms with E-state index in [9.17, 15) is 13.2 Å². The molecule has 0 saturated heterocycles. The summed E-state index contributed by atoms with van der Waals surface area (Å²) >= 11 is 0. The lowest BCUT2D eigenvalue weighted by atomic mass is 10.2. The van der Waals surface area contributed by atoms with Crippen molar-refractivity contribution in [2.75, 3.05) is 27.7 Å². The predicted octanol–water partition coefficient (Wildman–Crippen LogP) is 0.847. The second-order valence-electron chi connectivity index (χ2n) is 4.14. The van der Waals surface area contributed by atoms with Gasteiger partial charge >= 0.3 is 5.97 Å². The van der Waals surface area contributed by atoms with Gasteiger partial charge in [-0.15, -0.1) is 0 Å². The maximum atomic E-state index is 12.2. The summed E-state index contributed by atoms with van der Waals surface area (Å²) in [7, 11) is 0.818. The first-order chi connectivity index (χ1) is 8.31. The Morgan fingerprint density at radius 1 is 1.22 bits per heavy atom. The Hall–Kier alpha value is -0.660. The first-order valence-electron chi connectivity index (χ1n) is 6.07. The van der Waals surface area contributed by atoms with Crippen LogP contribution < -0.4 is 0 Å². The first kappa shape index (κ1) is 17.3. The second-order valence-corrected chi connectivity index (χ2v) is 6.24. The molecule has 0 aliphatic carbocycles. The number of carbonyl (C=O) groups excluding carboxylic acids is 1. The highest BCUT2D eigenvalue weighted by Gasteiger charge is 2.28. The highest BCUT2D eigenvalue weighted by atomic mass is 32.2. The molecule has 18 heavy (non-hydrogen) atoms. The van der Waals surface area contributed by atoms with Crippen LogP contribution in [0, 0.1) is 0 Å². The van der Waals surface area contributed by atoms with Gasteiger partial charge in [0.05, 0.1) is 13.5 Å². The van der Waals surface area contributed by atoms with Gasteiger partial charge in [-0.1, -0.05) is 13.8 Å². The molecular formula is C11H24N2O4S. The van der Waals surface area contributed by atoms with Crippen LogP contribution in [0.3, 0.4) is 0 Å². The molecule has 0 aromatic carbocycles. The highest BCUT2D eigenvalue weighted by molar-refractivity contribution is 7.86. The van der Waals surface area contributed by atoms with E-state index in [0.717, 1.165) is 12.8 Å². The monoisotopic (exact) mass is 280 g/mol.